The number of aromatic nitrogens is 2. The molecular formula is C27H22ClFN4O3. The van der Waals surface area contributed by atoms with Crippen LogP contribution < -0.4 is 14.8 Å². The Labute approximate surface area is 212 Å². The number of rotatable bonds is 8. The lowest BCUT2D eigenvalue weighted by Gasteiger charge is -2.14. The van der Waals surface area contributed by atoms with E-state index in [1.807, 2.05) is 25.1 Å². The van der Waals surface area contributed by atoms with Gasteiger partial charge in [-0.3, -0.25) is 4.79 Å². The number of allylic oxidation sites excluding steroid dienone is 1. The van der Waals surface area contributed by atoms with Crippen LogP contribution in [0.15, 0.2) is 54.6 Å². The molecule has 4 aromatic rings. The van der Waals surface area contributed by atoms with Gasteiger partial charge >= 0.3 is 0 Å². The standard InChI is InChI=1S/C27H22ClFN4O3/c1-3-35-24-13-17(11-18(14-30)27-32-22-9-4-16(2)10-23(22)33-27)12-21(28)26(24)36-15-25(34)31-20-7-5-19(29)6-8-20/h4-13H,3,15H2,1-2H3,(H,31,34)(H,32,33)/b18-11-. The van der Waals surface area contributed by atoms with Gasteiger partial charge in [-0.2, -0.15) is 5.26 Å². The van der Waals surface area contributed by atoms with E-state index in [9.17, 15) is 14.4 Å². The van der Waals surface area contributed by atoms with Crippen molar-refractivity contribution in [3.05, 3.63) is 82.4 Å². The van der Waals surface area contributed by atoms with Crippen molar-refractivity contribution >= 4 is 45.9 Å². The number of nitrogens with zero attached hydrogens (tertiary/aromatic N) is 2. The molecule has 1 heterocycles. The van der Waals surface area contributed by atoms with Crippen molar-refractivity contribution in [1.82, 2.24) is 9.97 Å². The fourth-order valence-electron chi connectivity index (χ4n) is 3.51. The summed E-state index contributed by atoms with van der Waals surface area (Å²) in [6.07, 6.45) is 1.64. The van der Waals surface area contributed by atoms with Gasteiger partial charge in [0.2, 0.25) is 0 Å². The summed E-state index contributed by atoms with van der Waals surface area (Å²) in [6, 6.07) is 16.6. The fraction of sp³-hybridized carbons (Fsp3) is 0.148. The number of benzene rings is 3. The Morgan fingerprint density at radius 3 is 2.69 bits per heavy atom. The molecule has 0 radical (unpaired) electrons. The molecule has 36 heavy (non-hydrogen) atoms. The second-order valence-electron chi connectivity index (χ2n) is 7.88. The molecule has 2 N–H and O–H groups in total. The highest BCUT2D eigenvalue weighted by Crippen LogP contribution is 2.37. The average Bonchev–Trinajstić information content (AvgIpc) is 3.26. The van der Waals surface area contributed by atoms with Gasteiger partial charge in [0.1, 0.15) is 17.7 Å². The topological polar surface area (TPSA) is 100 Å². The van der Waals surface area contributed by atoms with Crippen LogP contribution in [0.5, 0.6) is 11.5 Å². The number of anilines is 1. The lowest BCUT2D eigenvalue weighted by molar-refractivity contribution is -0.118. The first kappa shape index (κ1) is 24.8. The first-order chi connectivity index (χ1) is 17.4. The van der Waals surface area contributed by atoms with Gasteiger partial charge in [-0.25, -0.2) is 9.37 Å². The van der Waals surface area contributed by atoms with E-state index in [2.05, 4.69) is 21.4 Å². The molecule has 0 spiro atoms. The SMILES string of the molecule is CCOc1cc(/C=C(/C#N)c2nc3ccc(C)cc3[nH]2)cc(Cl)c1OCC(=O)Nc1ccc(F)cc1. The maximum Gasteiger partial charge on any atom is 0.262 e. The number of hydrogen-bond donors (Lipinski definition) is 2. The number of imidazole rings is 1. The number of nitriles is 1. The molecule has 1 aromatic heterocycles. The lowest BCUT2D eigenvalue weighted by Crippen LogP contribution is -2.20. The number of H-pyrrole nitrogens is 1. The molecule has 0 bridgehead atoms. The van der Waals surface area contributed by atoms with Crippen LogP contribution in [0.3, 0.4) is 0 Å². The average molecular weight is 505 g/mol. The number of carbonyl (C=O) groups is 1. The van der Waals surface area contributed by atoms with Crippen LogP contribution in [0, 0.1) is 24.1 Å². The van der Waals surface area contributed by atoms with E-state index >= 15 is 0 Å². The zero-order valence-electron chi connectivity index (χ0n) is 19.6. The minimum Gasteiger partial charge on any atom is -0.490 e. The van der Waals surface area contributed by atoms with Gasteiger partial charge in [0.15, 0.2) is 18.1 Å². The van der Waals surface area contributed by atoms with Crippen molar-refractivity contribution < 1.29 is 18.7 Å². The quantitative estimate of drug-likeness (QED) is 0.280. The van der Waals surface area contributed by atoms with E-state index in [4.69, 9.17) is 21.1 Å². The van der Waals surface area contributed by atoms with Crippen molar-refractivity contribution in [2.24, 2.45) is 0 Å². The summed E-state index contributed by atoms with van der Waals surface area (Å²) in [4.78, 5) is 20.0. The predicted molar refractivity (Wildman–Crippen MR) is 137 cm³/mol. The number of aromatic amines is 1. The molecule has 0 aliphatic rings. The predicted octanol–water partition coefficient (Wildman–Crippen LogP) is 6.14. The molecule has 1 amide bonds. The molecule has 3 aromatic carbocycles. The van der Waals surface area contributed by atoms with Crippen LogP contribution in [0.25, 0.3) is 22.7 Å². The number of carbonyl (C=O) groups excluding carboxylic acids is 1. The second kappa shape index (κ2) is 10.9. The van der Waals surface area contributed by atoms with Crippen LogP contribution in [0.2, 0.25) is 5.02 Å². The maximum atomic E-state index is 13.1. The molecule has 182 valence electrons. The lowest BCUT2D eigenvalue weighted by atomic mass is 10.1. The van der Waals surface area contributed by atoms with E-state index in [1.54, 1.807) is 25.1 Å². The Kier molecular flexibility index (Phi) is 7.52. The van der Waals surface area contributed by atoms with Crippen LogP contribution in [0.4, 0.5) is 10.1 Å². The molecule has 0 aliphatic heterocycles. The Balaban J connectivity index is 1.56. The first-order valence-corrected chi connectivity index (χ1v) is 11.5. The molecule has 9 heteroatoms. The van der Waals surface area contributed by atoms with E-state index in [0.29, 0.717) is 35.0 Å². The first-order valence-electron chi connectivity index (χ1n) is 11.1. The number of halogens is 2. The summed E-state index contributed by atoms with van der Waals surface area (Å²) in [5, 5.41) is 12.6. The smallest absolute Gasteiger partial charge is 0.262 e. The van der Waals surface area contributed by atoms with Gasteiger partial charge in [-0.05, 0) is 79.6 Å². The number of hydrogen-bond acceptors (Lipinski definition) is 5. The molecule has 0 saturated carbocycles. The van der Waals surface area contributed by atoms with E-state index in [0.717, 1.165) is 16.6 Å². The van der Waals surface area contributed by atoms with Gasteiger partial charge < -0.3 is 19.8 Å². The van der Waals surface area contributed by atoms with Crippen LogP contribution in [-0.2, 0) is 4.79 Å². The summed E-state index contributed by atoms with van der Waals surface area (Å²) in [7, 11) is 0. The zero-order chi connectivity index (χ0) is 25.7. The normalized spacial score (nSPS) is 11.2. The van der Waals surface area contributed by atoms with Crippen molar-refractivity contribution in [3.8, 4) is 17.6 Å². The van der Waals surface area contributed by atoms with Gasteiger partial charge in [0.05, 0.1) is 28.2 Å². The van der Waals surface area contributed by atoms with Gasteiger partial charge in [-0.1, -0.05) is 17.7 Å². The minimum absolute atomic E-state index is 0.197. The summed E-state index contributed by atoms with van der Waals surface area (Å²) < 4.78 is 24.4. The van der Waals surface area contributed by atoms with Crippen LogP contribution in [-0.4, -0.2) is 29.1 Å². The Morgan fingerprint density at radius 1 is 1.19 bits per heavy atom. The zero-order valence-corrected chi connectivity index (χ0v) is 20.3. The fourth-order valence-corrected chi connectivity index (χ4v) is 3.79. The summed E-state index contributed by atoms with van der Waals surface area (Å²) in [6.45, 7) is 3.77. The highest BCUT2D eigenvalue weighted by Gasteiger charge is 2.16. The Morgan fingerprint density at radius 2 is 1.97 bits per heavy atom. The van der Waals surface area contributed by atoms with Gasteiger partial charge in [0.25, 0.3) is 5.91 Å². The van der Waals surface area contributed by atoms with Gasteiger partial charge in [-0.15, -0.1) is 0 Å². The number of nitrogens with one attached hydrogen (secondary N) is 2. The summed E-state index contributed by atoms with van der Waals surface area (Å²) in [5.41, 5.74) is 4.02. The third-order valence-corrected chi connectivity index (χ3v) is 5.41. The molecule has 0 atom stereocenters. The molecule has 0 saturated heterocycles. The molecule has 7 nitrogen and oxygen atoms in total. The van der Waals surface area contributed by atoms with Crippen LogP contribution in [0.1, 0.15) is 23.9 Å². The monoisotopic (exact) mass is 504 g/mol. The maximum absolute atomic E-state index is 13.1. The Bertz CT molecular complexity index is 1490. The number of fused-ring (bicyclic) bond motifs is 1. The molecule has 0 unspecified atom stereocenters. The summed E-state index contributed by atoms with van der Waals surface area (Å²) >= 11 is 6.47. The largest absolute Gasteiger partial charge is 0.490 e. The third-order valence-electron chi connectivity index (χ3n) is 5.13. The van der Waals surface area contributed by atoms with E-state index in [1.165, 1.54) is 24.3 Å². The highest BCUT2D eigenvalue weighted by atomic mass is 35.5. The molecule has 0 aliphatic carbocycles. The van der Waals surface area contributed by atoms with Crippen molar-refractivity contribution in [1.29, 1.82) is 5.26 Å². The minimum atomic E-state index is -0.448. The molecule has 4 rings (SSSR count). The number of ether oxygens (including phenoxy) is 2. The van der Waals surface area contributed by atoms with Crippen molar-refractivity contribution in [3.63, 3.8) is 0 Å². The van der Waals surface area contributed by atoms with Crippen molar-refractivity contribution in [2.75, 3.05) is 18.5 Å². The molecule has 0 fully saturated rings. The Hall–Kier alpha value is -4.35. The van der Waals surface area contributed by atoms with E-state index < -0.39 is 11.7 Å². The number of aryl methyl sites for hydroxylation is 1. The number of amides is 1. The van der Waals surface area contributed by atoms with Crippen LogP contribution >= 0.6 is 11.6 Å². The highest BCUT2D eigenvalue weighted by molar-refractivity contribution is 6.32. The summed E-state index contributed by atoms with van der Waals surface area (Å²) in [5.74, 6) is 0.105. The molecular weight excluding hydrogens is 483 g/mol. The van der Waals surface area contributed by atoms with Gasteiger partial charge in [0, 0.05) is 5.69 Å². The van der Waals surface area contributed by atoms with E-state index in [-0.39, 0.29) is 17.4 Å². The third kappa shape index (κ3) is 5.82. The van der Waals surface area contributed by atoms with Crippen molar-refractivity contribution in [2.45, 2.75) is 13.8 Å². The second-order valence-corrected chi connectivity index (χ2v) is 8.29.